The third kappa shape index (κ3) is 2.65. The topological polar surface area (TPSA) is 66.8 Å². The Labute approximate surface area is 124 Å². The summed E-state index contributed by atoms with van der Waals surface area (Å²) in [6.45, 7) is 2.05. The zero-order valence-electron chi connectivity index (χ0n) is 11.5. The molecule has 5 nitrogen and oxygen atoms in total. The molecule has 0 amide bonds. The van der Waals surface area contributed by atoms with Gasteiger partial charge < -0.3 is 9.84 Å². The van der Waals surface area contributed by atoms with Crippen molar-refractivity contribution in [2.75, 3.05) is 13.7 Å². The van der Waals surface area contributed by atoms with Gasteiger partial charge in [0, 0.05) is 23.2 Å². The normalized spacial score (nSPS) is 20.3. The lowest BCUT2D eigenvalue weighted by Gasteiger charge is -2.23. The second-order valence-corrected chi connectivity index (χ2v) is 7.16. The van der Waals surface area contributed by atoms with E-state index in [4.69, 9.17) is 16.3 Å². The number of methoxy groups -OCH3 is 1. The number of halogens is 1. The minimum Gasteiger partial charge on any atom is -0.495 e. The first-order valence-corrected chi connectivity index (χ1v) is 8.22. The van der Waals surface area contributed by atoms with E-state index in [9.17, 15) is 13.5 Å². The molecule has 1 atom stereocenters. The molecule has 1 aromatic rings. The highest BCUT2D eigenvalue weighted by atomic mass is 35.5. The molecule has 1 unspecified atom stereocenters. The molecule has 0 aliphatic carbocycles. The maximum atomic E-state index is 12.8. The van der Waals surface area contributed by atoms with Crippen molar-refractivity contribution in [3.8, 4) is 5.75 Å². The summed E-state index contributed by atoms with van der Waals surface area (Å²) >= 11 is 5.96. The maximum absolute atomic E-state index is 12.8. The van der Waals surface area contributed by atoms with E-state index in [0.717, 1.165) is 12.8 Å². The van der Waals surface area contributed by atoms with Crippen LogP contribution in [-0.2, 0) is 16.6 Å². The van der Waals surface area contributed by atoms with E-state index >= 15 is 0 Å². The Kier molecular flexibility index (Phi) is 4.59. The fourth-order valence-electron chi connectivity index (χ4n) is 2.55. The lowest BCUT2D eigenvalue weighted by Crippen LogP contribution is -2.34. The lowest BCUT2D eigenvalue weighted by molar-refractivity contribution is 0.272. The average molecular weight is 320 g/mol. The summed E-state index contributed by atoms with van der Waals surface area (Å²) in [5.41, 5.74) is 0.366. The van der Waals surface area contributed by atoms with Gasteiger partial charge in [-0.3, -0.25) is 0 Å². The van der Waals surface area contributed by atoms with Gasteiger partial charge in [0.2, 0.25) is 10.0 Å². The van der Waals surface area contributed by atoms with Gasteiger partial charge in [-0.25, -0.2) is 8.42 Å². The monoisotopic (exact) mass is 319 g/mol. The zero-order chi connectivity index (χ0) is 14.9. The number of aliphatic hydroxyl groups excluding tert-OH is 1. The summed E-state index contributed by atoms with van der Waals surface area (Å²) < 4.78 is 32.1. The lowest BCUT2D eigenvalue weighted by atomic mass is 10.2. The van der Waals surface area contributed by atoms with E-state index in [2.05, 4.69) is 0 Å². The molecule has 0 spiro atoms. The Morgan fingerprint density at radius 2 is 2.20 bits per heavy atom. The van der Waals surface area contributed by atoms with Crippen molar-refractivity contribution in [1.82, 2.24) is 4.31 Å². The molecule has 2 rings (SSSR count). The van der Waals surface area contributed by atoms with Gasteiger partial charge in [0.05, 0.1) is 13.7 Å². The minimum absolute atomic E-state index is 0.0188. The molecule has 7 heteroatoms. The molecule has 1 aliphatic heterocycles. The molecule has 0 aromatic heterocycles. The number of hydrogen-bond acceptors (Lipinski definition) is 4. The van der Waals surface area contributed by atoms with Crippen molar-refractivity contribution in [3.05, 3.63) is 22.7 Å². The summed E-state index contributed by atoms with van der Waals surface area (Å²) in [5, 5.41) is 9.60. The molecule has 1 aliphatic rings. The molecular weight excluding hydrogens is 302 g/mol. The van der Waals surface area contributed by atoms with Crippen LogP contribution in [0.3, 0.4) is 0 Å². The molecule has 112 valence electrons. The van der Waals surface area contributed by atoms with Crippen LogP contribution in [0.1, 0.15) is 25.3 Å². The highest BCUT2D eigenvalue weighted by Gasteiger charge is 2.35. The van der Waals surface area contributed by atoms with Crippen molar-refractivity contribution in [2.24, 2.45) is 0 Å². The molecule has 1 saturated heterocycles. The van der Waals surface area contributed by atoms with Gasteiger partial charge in [-0.1, -0.05) is 11.6 Å². The molecule has 0 saturated carbocycles. The summed E-state index contributed by atoms with van der Waals surface area (Å²) in [5.74, 6) is 0.163. The molecule has 1 fully saturated rings. The number of rotatable bonds is 4. The van der Waals surface area contributed by atoms with Crippen LogP contribution >= 0.6 is 11.6 Å². The van der Waals surface area contributed by atoms with E-state index in [0.29, 0.717) is 12.1 Å². The van der Waals surface area contributed by atoms with Crippen LogP contribution in [0.4, 0.5) is 0 Å². The summed E-state index contributed by atoms with van der Waals surface area (Å²) in [7, 11) is -2.29. The number of ether oxygens (including phenoxy) is 1. The number of sulfonamides is 1. The van der Waals surface area contributed by atoms with Crippen LogP contribution in [-0.4, -0.2) is 37.5 Å². The summed E-state index contributed by atoms with van der Waals surface area (Å²) in [4.78, 5) is 0.0188. The summed E-state index contributed by atoms with van der Waals surface area (Å²) in [6.07, 6.45) is 1.69. The van der Waals surface area contributed by atoms with Crippen molar-refractivity contribution < 1.29 is 18.3 Å². The van der Waals surface area contributed by atoms with Gasteiger partial charge in [-0.2, -0.15) is 4.31 Å². The van der Waals surface area contributed by atoms with E-state index in [1.54, 1.807) is 0 Å². The first-order valence-electron chi connectivity index (χ1n) is 6.41. The third-order valence-electron chi connectivity index (χ3n) is 3.55. The van der Waals surface area contributed by atoms with Crippen molar-refractivity contribution in [3.63, 3.8) is 0 Å². The van der Waals surface area contributed by atoms with Crippen LogP contribution in [0.25, 0.3) is 0 Å². The van der Waals surface area contributed by atoms with Gasteiger partial charge in [0.1, 0.15) is 10.6 Å². The Morgan fingerprint density at radius 3 is 2.70 bits per heavy atom. The van der Waals surface area contributed by atoms with Gasteiger partial charge >= 0.3 is 0 Å². The smallest absolute Gasteiger partial charge is 0.247 e. The minimum atomic E-state index is -3.67. The average Bonchev–Trinajstić information content (AvgIpc) is 2.84. The van der Waals surface area contributed by atoms with E-state index in [-0.39, 0.29) is 28.3 Å². The van der Waals surface area contributed by atoms with Crippen molar-refractivity contribution in [1.29, 1.82) is 0 Å². The molecular formula is C13H18ClNO4S. The largest absolute Gasteiger partial charge is 0.495 e. The fourth-order valence-corrected chi connectivity index (χ4v) is 4.79. The number of aliphatic hydroxyl groups is 1. The van der Waals surface area contributed by atoms with Crippen LogP contribution in [0.15, 0.2) is 17.0 Å². The Hall–Kier alpha value is -0.820. The number of hydrogen-bond donors (Lipinski definition) is 1. The fraction of sp³-hybridized carbons (Fsp3) is 0.538. The SMILES string of the molecule is COc1c(CO)cc(Cl)cc1S(=O)(=O)N1CCCC1C. The Bertz CT molecular complexity index is 603. The number of benzene rings is 1. The van der Waals surface area contributed by atoms with Gasteiger partial charge in [0.15, 0.2) is 0 Å². The maximum Gasteiger partial charge on any atom is 0.247 e. The molecule has 1 N–H and O–H groups in total. The van der Waals surface area contributed by atoms with Crippen LogP contribution in [0, 0.1) is 0 Å². The Morgan fingerprint density at radius 1 is 1.50 bits per heavy atom. The second-order valence-electron chi connectivity index (χ2n) is 4.86. The Balaban J connectivity index is 2.59. The highest BCUT2D eigenvalue weighted by molar-refractivity contribution is 7.89. The molecule has 1 heterocycles. The molecule has 0 radical (unpaired) electrons. The zero-order valence-corrected chi connectivity index (χ0v) is 13.0. The van der Waals surface area contributed by atoms with E-state index in [1.165, 1.54) is 23.5 Å². The second kappa shape index (κ2) is 5.89. The summed E-state index contributed by atoms with van der Waals surface area (Å²) in [6, 6.07) is 2.84. The first kappa shape index (κ1) is 15.6. The van der Waals surface area contributed by atoms with E-state index in [1.807, 2.05) is 6.92 Å². The third-order valence-corrected chi connectivity index (χ3v) is 5.79. The molecule has 0 bridgehead atoms. The van der Waals surface area contributed by atoms with Crippen LogP contribution < -0.4 is 4.74 Å². The number of nitrogens with zero attached hydrogens (tertiary/aromatic N) is 1. The predicted octanol–water partition coefficient (Wildman–Crippen LogP) is 2.01. The van der Waals surface area contributed by atoms with Gasteiger partial charge in [-0.05, 0) is 31.9 Å². The van der Waals surface area contributed by atoms with Gasteiger partial charge in [0.25, 0.3) is 0 Å². The highest BCUT2D eigenvalue weighted by Crippen LogP contribution is 2.36. The van der Waals surface area contributed by atoms with Crippen molar-refractivity contribution >= 4 is 21.6 Å². The van der Waals surface area contributed by atoms with E-state index < -0.39 is 10.0 Å². The van der Waals surface area contributed by atoms with Crippen LogP contribution in [0.2, 0.25) is 5.02 Å². The molecule has 20 heavy (non-hydrogen) atoms. The molecule has 1 aromatic carbocycles. The van der Waals surface area contributed by atoms with Crippen LogP contribution in [0.5, 0.6) is 5.75 Å². The predicted molar refractivity (Wildman–Crippen MR) is 76.5 cm³/mol. The standard InChI is InChI=1S/C13H18ClNO4S/c1-9-4-3-5-15(9)20(17,18)12-7-11(14)6-10(8-16)13(12)19-2/h6-7,9,16H,3-5,8H2,1-2H3. The van der Waals surface area contributed by atoms with Gasteiger partial charge in [-0.15, -0.1) is 0 Å². The quantitative estimate of drug-likeness (QED) is 0.922. The van der Waals surface area contributed by atoms with Crippen molar-refractivity contribution in [2.45, 2.75) is 37.3 Å². The first-order chi connectivity index (χ1) is 9.41.